The summed E-state index contributed by atoms with van der Waals surface area (Å²) in [5.41, 5.74) is 0.322. The Balaban J connectivity index is 0.00000112. The molecule has 1 aromatic heterocycles. The van der Waals surface area contributed by atoms with Gasteiger partial charge in [0.1, 0.15) is 17.9 Å². The van der Waals surface area contributed by atoms with Crippen molar-refractivity contribution in [1.29, 1.82) is 0 Å². The van der Waals surface area contributed by atoms with Crippen LogP contribution in [0.15, 0.2) is 24.5 Å². The van der Waals surface area contributed by atoms with Gasteiger partial charge in [0.15, 0.2) is 5.82 Å². The molecule has 0 unspecified atom stereocenters. The first-order valence-electron chi connectivity index (χ1n) is 4.01. The van der Waals surface area contributed by atoms with Crippen LogP contribution < -0.4 is 0 Å². The van der Waals surface area contributed by atoms with Gasteiger partial charge in [-0.2, -0.15) is 5.10 Å². The summed E-state index contributed by atoms with van der Waals surface area (Å²) in [7, 11) is 1.68. The zero-order chi connectivity index (χ0) is 10.1. The van der Waals surface area contributed by atoms with Crippen molar-refractivity contribution in [2.24, 2.45) is 7.05 Å². The van der Waals surface area contributed by atoms with E-state index in [1.165, 1.54) is 23.1 Å². The third-order valence-corrected chi connectivity index (χ3v) is 1.90. The van der Waals surface area contributed by atoms with Crippen LogP contribution in [0.1, 0.15) is 0 Å². The topological polar surface area (TPSA) is 50.9 Å². The normalized spacial score (nSPS) is 9.73. The van der Waals surface area contributed by atoms with Crippen LogP contribution in [0.25, 0.3) is 11.4 Å². The maximum atomic E-state index is 13.4. The second kappa shape index (κ2) is 4.53. The van der Waals surface area contributed by atoms with Gasteiger partial charge in [-0.05, 0) is 12.1 Å². The molecule has 1 aromatic carbocycles. The van der Waals surface area contributed by atoms with E-state index in [0.717, 1.165) is 6.07 Å². The van der Waals surface area contributed by atoms with Crippen molar-refractivity contribution >= 4 is 0 Å². The summed E-state index contributed by atoms with van der Waals surface area (Å²) in [4.78, 5) is 3.91. The third-order valence-electron chi connectivity index (χ3n) is 1.90. The van der Waals surface area contributed by atoms with Gasteiger partial charge in [0.05, 0.1) is 5.56 Å². The Morgan fingerprint density at radius 1 is 1.40 bits per heavy atom. The number of phenols is 1. The van der Waals surface area contributed by atoms with Crippen LogP contribution in [0.5, 0.6) is 5.75 Å². The molecule has 0 amide bonds. The summed E-state index contributed by atoms with van der Waals surface area (Å²) < 4.78 is 14.8. The van der Waals surface area contributed by atoms with E-state index < -0.39 is 5.82 Å². The standard InChI is InChI=1S/C9H8FN3O.Pt/c1-13-9(11-5-12-13)7-3-2-6(14)4-8(7)10;/h2-5,14H,1H3;. The Morgan fingerprint density at radius 3 is 2.67 bits per heavy atom. The number of halogens is 1. The Kier molecular flexibility index (Phi) is 3.58. The van der Waals surface area contributed by atoms with Gasteiger partial charge in [-0.15, -0.1) is 0 Å². The van der Waals surface area contributed by atoms with Crippen LogP contribution >= 0.6 is 0 Å². The molecule has 0 atom stereocenters. The van der Waals surface area contributed by atoms with Crippen molar-refractivity contribution in [3.05, 3.63) is 30.3 Å². The minimum atomic E-state index is -0.513. The van der Waals surface area contributed by atoms with E-state index in [2.05, 4.69) is 10.1 Å². The molecule has 0 bridgehead atoms. The fourth-order valence-corrected chi connectivity index (χ4v) is 1.23. The van der Waals surface area contributed by atoms with Gasteiger partial charge in [0, 0.05) is 34.2 Å². The summed E-state index contributed by atoms with van der Waals surface area (Å²) in [5, 5.41) is 12.9. The van der Waals surface area contributed by atoms with Crippen molar-refractivity contribution in [2.75, 3.05) is 0 Å². The van der Waals surface area contributed by atoms with Crippen LogP contribution in [0.2, 0.25) is 0 Å². The minimum absolute atomic E-state index is 0. The first-order chi connectivity index (χ1) is 6.68. The van der Waals surface area contributed by atoms with Crippen molar-refractivity contribution in [3.63, 3.8) is 0 Å². The van der Waals surface area contributed by atoms with Crippen molar-refractivity contribution in [2.45, 2.75) is 0 Å². The molecule has 0 spiro atoms. The first-order valence-corrected chi connectivity index (χ1v) is 4.01. The number of aromatic hydroxyl groups is 1. The van der Waals surface area contributed by atoms with Crippen molar-refractivity contribution in [1.82, 2.24) is 14.8 Å². The molecule has 0 aliphatic carbocycles. The van der Waals surface area contributed by atoms with Gasteiger partial charge in [0.25, 0.3) is 0 Å². The van der Waals surface area contributed by atoms with Gasteiger partial charge in [-0.1, -0.05) is 0 Å². The second-order valence-corrected chi connectivity index (χ2v) is 2.87. The van der Waals surface area contributed by atoms with Gasteiger partial charge in [0.2, 0.25) is 0 Å². The van der Waals surface area contributed by atoms with E-state index in [1.54, 1.807) is 7.05 Å². The molecule has 15 heavy (non-hydrogen) atoms. The number of hydrogen-bond donors (Lipinski definition) is 1. The molecule has 82 valence electrons. The summed E-state index contributed by atoms with van der Waals surface area (Å²) in [6, 6.07) is 3.92. The van der Waals surface area contributed by atoms with Crippen LogP contribution in [-0.4, -0.2) is 19.9 Å². The smallest absolute Gasteiger partial charge is 0.160 e. The fraction of sp³-hybridized carbons (Fsp3) is 0.111. The maximum Gasteiger partial charge on any atom is 0.160 e. The van der Waals surface area contributed by atoms with E-state index in [9.17, 15) is 4.39 Å². The van der Waals surface area contributed by atoms with Gasteiger partial charge < -0.3 is 5.11 Å². The summed E-state index contributed by atoms with van der Waals surface area (Å²) in [5.74, 6) is -0.183. The molecule has 0 fully saturated rings. The first kappa shape index (κ1) is 11.9. The van der Waals surface area contributed by atoms with Crippen molar-refractivity contribution in [3.8, 4) is 17.1 Å². The Bertz CT molecular complexity index is 472. The Hall–Kier alpha value is -1.22. The molecule has 4 nitrogen and oxygen atoms in total. The summed E-state index contributed by atoms with van der Waals surface area (Å²) in [6.45, 7) is 0. The quantitative estimate of drug-likeness (QED) is 0.802. The number of phenolic OH excluding ortho intramolecular Hbond substituents is 1. The molecule has 0 radical (unpaired) electrons. The van der Waals surface area contributed by atoms with Crippen LogP contribution in [-0.2, 0) is 28.1 Å². The SMILES string of the molecule is Cn1ncnc1-c1ccc(O)cc1F.[Pt]. The zero-order valence-corrected chi connectivity index (χ0v) is 10.1. The number of nitrogens with zero attached hydrogens (tertiary/aromatic N) is 3. The summed E-state index contributed by atoms with van der Waals surface area (Å²) in [6.07, 6.45) is 1.35. The zero-order valence-electron chi connectivity index (χ0n) is 7.79. The van der Waals surface area contributed by atoms with Crippen LogP contribution in [0, 0.1) is 5.82 Å². The molecular formula is C9H8FN3OPt. The van der Waals surface area contributed by atoms with E-state index in [-0.39, 0.29) is 26.8 Å². The Morgan fingerprint density at radius 2 is 2.13 bits per heavy atom. The number of hydrogen-bond acceptors (Lipinski definition) is 3. The van der Waals surface area contributed by atoms with E-state index in [4.69, 9.17) is 5.11 Å². The van der Waals surface area contributed by atoms with E-state index in [1.807, 2.05) is 0 Å². The minimum Gasteiger partial charge on any atom is -0.508 e. The molecule has 0 saturated carbocycles. The average Bonchev–Trinajstić information content (AvgIpc) is 2.52. The van der Waals surface area contributed by atoms with Crippen LogP contribution in [0.4, 0.5) is 4.39 Å². The molecule has 1 heterocycles. The fourth-order valence-electron chi connectivity index (χ4n) is 1.23. The Labute approximate surface area is 100 Å². The molecule has 2 aromatic rings. The second-order valence-electron chi connectivity index (χ2n) is 2.87. The largest absolute Gasteiger partial charge is 0.508 e. The number of aryl methyl sites for hydroxylation is 1. The van der Waals surface area contributed by atoms with Gasteiger partial charge >= 0.3 is 0 Å². The molecule has 1 N–H and O–H groups in total. The molecule has 2 rings (SSSR count). The van der Waals surface area contributed by atoms with E-state index in [0.29, 0.717) is 11.4 Å². The van der Waals surface area contributed by atoms with Crippen molar-refractivity contribution < 1.29 is 30.6 Å². The molecule has 0 aliphatic heterocycles. The number of benzene rings is 1. The van der Waals surface area contributed by atoms with Crippen LogP contribution in [0.3, 0.4) is 0 Å². The van der Waals surface area contributed by atoms with Gasteiger partial charge in [-0.3, -0.25) is 0 Å². The molecular weight excluding hydrogens is 380 g/mol. The number of rotatable bonds is 1. The number of aromatic nitrogens is 3. The summed E-state index contributed by atoms with van der Waals surface area (Å²) >= 11 is 0. The predicted molar refractivity (Wildman–Crippen MR) is 48.1 cm³/mol. The van der Waals surface area contributed by atoms with E-state index >= 15 is 0 Å². The van der Waals surface area contributed by atoms with Gasteiger partial charge in [-0.25, -0.2) is 14.1 Å². The average molecular weight is 388 g/mol. The predicted octanol–water partition coefficient (Wildman–Crippen LogP) is 1.32. The molecule has 0 aliphatic rings. The maximum absolute atomic E-state index is 13.4. The molecule has 0 saturated heterocycles. The molecule has 6 heteroatoms. The third kappa shape index (κ3) is 2.23. The monoisotopic (exact) mass is 388 g/mol.